The molecule has 0 radical (unpaired) electrons. The largest absolute Gasteiger partial charge is 0.484 e. The van der Waals surface area contributed by atoms with Crippen LogP contribution in [0.2, 0.25) is 0 Å². The third-order valence-electron chi connectivity index (χ3n) is 5.33. The van der Waals surface area contributed by atoms with E-state index in [2.05, 4.69) is 0 Å². The van der Waals surface area contributed by atoms with E-state index in [1.807, 2.05) is 4.72 Å². The molecule has 3 N–H and O–H groups in total. The summed E-state index contributed by atoms with van der Waals surface area (Å²) < 4.78 is 110. The van der Waals surface area contributed by atoms with Crippen LogP contribution >= 0.6 is 0 Å². The third-order valence-corrected chi connectivity index (χ3v) is 6.58. The Hall–Kier alpha value is -3.25. The Labute approximate surface area is 196 Å². The molecule has 0 bridgehead atoms. The summed E-state index contributed by atoms with van der Waals surface area (Å²) in [6.07, 6.45) is -5.75. The van der Waals surface area contributed by atoms with Crippen molar-refractivity contribution in [2.24, 2.45) is 5.73 Å². The molecule has 5 nitrogen and oxygen atoms in total. The molecular formula is C23H18F6N2O3S. The molecule has 0 amide bonds. The van der Waals surface area contributed by atoms with Gasteiger partial charge in [0.25, 0.3) is 0 Å². The number of nitrogens with two attached hydrogens (primary N) is 1. The Bertz CT molecular complexity index is 1380. The van der Waals surface area contributed by atoms with E-state index in [0.29, 0.717) is 34.6 Å². The van der Waals surface area contributed by atoms with Crippen LogP contribution in [-0.2, 0) is 16.4 Å². The summed E-state index contributed by atoms with van der Waals surface area (Å²) >= 11 is 0. The number of ether oxygens (including phenoxy) is 1. The average Bonchev–Trinajstić information content (AvgIpc) is 2.73. The van der Waals surface area contributed by atoms with Gasteiger partial charge in [-0.05, 0) is 53.4 Å². The molecule has 2 unspecified atom stereocenters. The molecular weight excluding hydrogens is 498 g/mol. The van der Waals surface area contributed by atoms with Crippen LogP contribution in [0.5, 0.6) is 5.75 Å². The van der Waals surface area contributed by atoms with Gasteiger partial charge in [0.1, 0.15) is 17.7 Å². The Kier molecular flexibility index (Phi) is 6.45. The SMILES string of the molecule is NC1Cc2cc(-c3cccc(NS(=O)(=O)CC(F)(F)F)c3)ccc2OC1c1cc(F)c(F)cc1F. The van der Waals surface area contributed by atoms with Gasteiger partial charge in [0.05, 0.1) is 6.04 Å². The highest BCUT2D eigenvalue weighted by Crippen LogP contribution is 2.38. The molecule has 12 heteroatoms. The van der Waals surface area contributed by atoms with E-state index in [0.717, 1.165) is 0 Å². The van der Waals surface area contributed by atoms with E-state index in [1.165, 1.54) is 18.2 Å². The number of halogens is 6. The van der Waals surface area contributed by atoms with Gasteiger partial charge in [0.15, 0.2) is 17.4 Å². The van der Waals surface area contributed by atoms with Gasteiger partial charge >= 0.3 is 6.18 Å². The lowest BCUT2D eigenvalue weighted by Crippen LogP contribution is -2.38. The van der Waals surface area contributed by atoms with Crippen LogP contribution in [0.4, 0.5) is 32.0 Å². The summed E-state index contributed by atoms with van der Waals surface area (Å²) in [6, 6.07) is 11.0. The van der Waals surface area contributed by atoms with Crippen LogP contribution in [0.25, 0.3) is 11.1 Å². The lowest BCUT2D eigenvalue weighted by atomic mass is 9.91. The minimum Gasteiger partial charge on any atom is -0.484 e. The molecule has 186 valence electrons. The van der Waals surface area contributed by atoms with Crippen LogP contribution in [0.1, 0.15) is 17.2 Å². The number of nitrogens with one attached hydrogen (secondary N) is 1. The molecule has 2 atom stereocenters. The number of hydrogen-bond donors (Lipinski definition) is 2. The summed E-state index contributed by atoms with van der Waals surface area (Å²) in [5.74, 6) is -5.23. The van der Waals surface area contributed by atoms with E-state index >= 15 is 0 Å². The molecule has 1 aliphatic heterocycles. The van der Waals surface area contributed by atoms with Crippen molar-refractivity contribution in [2.45, 2.75) is 24.7 Å². The van der Waals surface area contributed by atoms with Gasteiger partial charge in [0, 0.05) is 17.3 Å². The molecule has 0 aromatic heterocycles. The highest BCUT2D eigenvalue weighted by Gasteiger charge is 2.35. The van der Waals surface area contributed by atoms with Crippen LogP contribution in [0.15, 0.2) is 54.6 Å². The second-order valence-electron chi connectivity index (χ2n) is 8.07. The zero-order chi connectivity index (χ0) is 25.5. The zero-order valence-corrected chi connectivity index (χ0v) is 18.6. The topological polar surface area (TPSA) is 81.4 Å². The number of fused-ring (bicyclic) bond motifs is 1. The minimum absolute atomic E-state index is 0.0497. The maximum atomic E-state index is 14.2. The van der Waals surface area contributed by atoms with Crippen molar-refractivity contribution in [3.05, 3.63) is 83.2 Å². The van der Waals surface area contributed by atoms with Crippen molar-refractivity contribution >= 4 is 15.7 Å². The van der Waals surface area contributed by atoms with Crippen LogP contribution in [0.3, 0.4) is 0 Å². The monoisotopic (exact) mass is 516 g/mol. The summed E-state index contributed by atoms with van der Waals surface area (Å²) in [7, 11) is -4.65. The molecule has 0 fully saturated rings. The predicted molar refractivity (Wildman–Crippen MR) is 117 cm³/mol. The average molecular weight is 516 g/mol. The first-order valence-corrected chi connectivity index (χ1v) is 11.8. The first kappa shape index (κ1) is 24.9. The lowest BCUT2D eigenvalue weighted by Gasteiger charge is -2.32. The fourth-order valence-corrected chi connectivity index (χ4v) is 4.85. The van der Waals surface area contributed by atoms with E-state index < -0.39 is 51.5 Å². The number of sulfonamides is 1. The molecule has 0 saturated carbocycles. The lowest BCUT2D eigenvalue weighted by molar-refractivity contribution is -0.106. The predicted octanol–water partition coefficient (Wildman–Crippen LogP) is 5.08. The van der Waals surface area contributed by atoms with Gasteiger partial charge in [-0.1, -0.05) is 18.2 Å². The van der Waals surface area contributed by atoms with Crippen molar-refractivity contribution in [1.29, 1.82) is 0 Å². The first-order valence-electron chi connectivity index (χ1n) is 10.2. The van der Waals surface area contributed by atoms with Gasteiger partial charge in [-0.15, -0.1) is 0 Å². The van der Waals surface area contributed by atoms with Crippen molar-refractivity contribution in [3.8, 4) is 16.9 Å². The summed E-state index contributed by atoms with van der Waals surface area (Å²) in [5, 5.41) is 0. The Balaban J connectivity index is 1.58. The van der Waals surface area contributed by atoms with Gasteiger partial charge in [-0.3, -0.25) is 4.72 Å². The quantitative estimate of drug-likeness (QED) is 0.366. The van der Waals surface area contributed by atoms with Crippen LogP contribution in [-0.4, -0.2) is 26.4 Å². The Morgan fingerprint density at radius 1 is 0.943 bits per heavy atom. The van der Waals surface area contributed by atoms with Crippen LogP contribution in [0, 0.1) is 17.5 Å². The van der Waals surface area contributed by atoms with Gasteiger partial charge in [-0.25, -0.2) is 21.6 Å². The number of rotatable bonds is 5. The molecule has 0 saturated heterocycles. The fraction of sp³-hybridized carbons (Fsp3) is 0.217. The smallest absolute Gasteiger partial charge is 0.404 e. The molecule has 3 aromatic rings. The van der Waals surface area contributed by atoms with Crippen molar-refractivity contribution in [1.82, 2.24) is 0 Å². The zero-order valence-electron chi connectivity index (χ0n) is 17.7. The molecule has 4 rings (SSSR count). The third kappa shape index (κ3) is 5.70. The van der Waals surface area contributed by atoms with Crippen molar-refractivity contribution in [3.63, 3.8) is 0 Å². The normalized spacial score (nSPS) is 18.0. The van der Waals surface area contributed by atoms with E-state index in [9.17, 15) is 34.8 Å². The van der Waals surface area contributed by atoms with E-state index in [-0.39, 0.29) is 17.7 Å². The highest BCUT2D eigenvalue weighted by atomic mass is 32.2. The minimum atomic E-state index is -4.89. The fourth-order valence-electron chi connectivity index (χ4n) is 3.86. The Morgan fingerprint density at radius 2 is 1.63 bits per heavy atom. The van der Waals surface area contributed by atoms with Gasteiger partial charge in [0.2, 0.25) is 10.0 Å². The number of alkyl halides is 3. The number of benzene rings is 3. The molecule has 35 heavy (non-hydrogen) atoms. The van der Waals surface area contributed by atoms with Crippen molar-refractivity contribution in [2.75, 3.05) is 10.5 Å². The maximum absolute atomic E-state index is 14.2. The van der Waals surface area contributed by atoms with Gasteiger partial charge < -0.3 is 10.5 Å². The second kappa shape index (κ2) is 9.08. The molecule has 3 aromatic carbocycles. The van der Waals surface area contributed by atoms with Crippen LogP contribution < -0.4 is 15.2 Å². The summed E-state index contributed by atoms with van der Waals surface area (Å²) in [4.78, 5) is 0. The molecule has 1 aliphatic rings. The standard InChI is InChI=1S/C23H18F6N2O3S/c24-17-10-19(26)18(25)9-16(17)22-20(30)8-14-6-13(4-5-21(14)34-22)12-2-1-3-15(7-12)31-35(32,33)11-23(27,28)29/h1-7,9-10,20,22,31H,8,11,30H2. The summed E-state index contributed by atoms with van der Waals surface area (Å²) in [6.45, 7) is 0. The molecule has 0 spiro atoms. The number of anilines is 1. The number of hydrogen-bond acceptors (Lipinski definition) is 4. The Morgan fingerprint density at radius 3 is 2.34 bits per heavy atom. The summed E-state index contributed by atoms with van der Waals surface area (Å²) in [5.41, 5.74) is 7.59. The maximum Gasteiger partial charge on any atom is 0.404 e. The highest BCUT2D eigenvalue weighted by molar-refractivity contribution is 7.92. The van der Waals surface area contributed by atoms with E-state index in [1.54, 1.807) is 24.3 Å². The molecule has 0 aliphatic carbocycles. The first-order chi connectivity index (χ1) is 16.3. The molecule has 1 heterocycles. The van der Waals surface area contributed by atoms with Crippen molar-refractivity contribution < 1.29 is 39.5 Å². The second-order valence-corrected chi connectivity index (χ2v) is 9.80. The van der Waals surface area contributed by atoms with E-state index in [4.69, 9.17) is 10.5 Å². The van der Waals surface area contributed by atoms with Gasteiger partial charge in [-0.2, -0.15) is 13.2 Å².